The van der Waals surface area contributed by atoms with E-state index in [0.717, 1.165) is 65.7 Å². The van der Waals surface area contributed by atoms with Gasteiger partial charge in [-0.2, -0.15) is 4.52 Å². The van der Waals surface area contributed by atoms with Crippen molar-refractivity contribution in [2.75, 3.05) is 42.2 Å². The summed E-state index contributed by atoms with van der Waals surface area (Å²) in [6.45, 7) is 9.69. The van der Waals surface area contributed by atoms with Crippen LogP contribution in [0.1, 0.15) is 17.1 Å². The molecule has 0 amide bonds. The SMILES string of the molecule is CSc1nc(C)c(C)c(N2CCN(c3ccc4nnc(C)n4n3)CC2)n1. The van der Waals surface area contributed by atoms with Crippen LogP contribution in [0.2, 0.25) is 0 Å². The van der Waals surface area contributed by atoms with E-state index in [1.165, 1.54) is 0 Å². The molecule has 0 aromatic carbocycles. The second-order valence-corrected chi connectivity index (χ2v) is 7.20. The van der Waals surface area contributed by atoms with Crippen LogP contribution in [0, 0.1) is 20.8 Å². The number of fused-ring (bicyclic) bond motifs is 1. The number of nitrogens with zero attached hydrogens (tertiary/aromatic N) is 8. The molecule has 0 N–H and O–H groups in total. The van der Waals surface area contributed by atoms with E-state index >= 15 is 0 Å². The first kappa shape index (κ1) is 17.0. The van der Waals surface area contributed by atoms with Gasteiger partial charge in [0.05, 0.1) is 0 Å². The average Bonchev–Trinajstić information content (AvgIpc) is 3.04. The molecule has 3 aromatic heterocycles. The maximum atomic E-state index is 4.74. The van der Waals surface area contributed by atoms with Crippen molar-refractivity contribution in [3.8, 4) is 0 Å². The molecule has 3 aromatic rings. The molecule has 0 spiro atoms. The molecule has 9 heteroatoms. The molecule has 0 unspecified atom stereocenters. The van der Waals surface area contributed by atoms with Gasteiger partial charge < -0.3 is 9.80 Å². The number of piperazine rings is 1. The van der Waals surface area contributed by atoms with Gasteiger partial charge in [0, 0.05) is 37.4 Å². The van der Waals surface area contributed by atoms with Crippen LogP contribution in [0.15, 0.2) is 17.3 Å². The van der Waals surface area contributed by atoms with Crippen molar-refractivity contribution in [2.45, 2.75) is 25.9 Å². The third kappa shape index (κ3) is 2.96. The van der Waals surface area contributed by atoms with Crippen molar-refractivity contribution in [3.05, 3.63) is 29.2 Å². The highest BCUT2D eigenvalue weighted by Gasteiger charge is 2.22. The van der Waals surface area contributed by atoms with Gasteiger partial charge in [-0.15, -0.1) is 15.3 Å². The predicted molar refractivity (Wildman–Crippen MR) is 103 cm³/mol. The van der Waals surface area contributed by atoms with E-state index in [-0.39, 0.29) is 0 Å². The highest BCUT2D eigenvalue weighted by Crippen LogP contribution is 2.25. The van der Waals surface area contributed by atoms with Gasteiger partial charge in [-0.3, -0.25) is 0 Å². The normalized spacial score (nSPS) is 15.1. The summed E-state index contributed by atoms with van der Waals surface area (Å²) in [5.74, 6) is 2.82. The van der Waals surface area contributed by atoms with E-state index in [2.05, 4.69) is 43.9 Å². The second kappa shape index (κ2) is 6.71. The number of aryl methyl sites for hydroxylation is 2. The Labute approximate surface area is 156 Å². The topological polar surface area (TPSA) is 75.3 Å². The molecule has 0 aliphatic carbocycles. The molecule has 0 radical (unpaired) electrons. The van der Waals surface area contributed by atoms with Crippen molar-refractivity contribution in [3.63, 3.8) is 0 Å². The van der Waals surface area contributed by atoms with Crippen LogP contribution in [-0.4, -0.2) is 62.2 Å². The lowest BCUT2D eigenvalue weighted by Gasteiger charge is -2.36. The molecule has 0 saturated carbocycles. The predicted octanol–water partition coefficient (Wildman–Crippen LogP) is 1.89. The first-order chi connectivity index (χ1) is 12.6. The first-order valence-corrected chi connectivity index (χ1v) is 9.87. The standard InChI is InChI=1S/C17H22N8S/c1-11-12(2)18-17(26-4)19-16(11)24-9-7-23(8-10-24)15-6-5-14-21-20-13(3)25(14)22-15/h5-6H,7-10H2,1-4H3. The molecule has 1 saturated heterocycles. The Kier molecular flexibility index (Phi) is 4.39. The monoisotopic (exact) mass is 370 g/mol. The van der Waals surface area contributed by atoms with Gasteiger partial charge in [-0.25, -0.2) is 9.97 Å². The molecule has 1 aliphatic rings. The number of hydrogen-bond donors (Lipinski definition) is 0. The summed E-state index contributed by atoms with van der Waals surface area (Å²) >= 11 is 1.59. The van der Waals surface area contributed by atoms with Gasteiger partial charge in [0.2, 0.25) is 0 Å². The molecule has 4 rings (SSSR count). The molecule has 26 heavy (non-hydrogen) atoms. The number of anilines is 2. The lowest BCUT2D eigenvalue weighted by Crippen LogP contribution is -2.47. The highest BCUT2D eigenvalue weighted by atomic mass is 32.2. The van der Waals surface area contributed by atoms with Crippen molar-refractivity contribution in [2.24, 2.45) is 0 Å². The summed E-state index contributed by atoms with van der Waals surface area (Å²) in [5, 5.41) is 13.7. The Morgan fingerprint density at radius 3 is 2.38 bits per heavy atom. The minimum Gasteiger partial charge on any atom is -0.353 e. The van der Waals surface area contributed by atoms with Gasteiger partial charge in [-0.05, 0) is 39.2 Å². The number of hydrogen-bond acceptors (Lipinski definition) is 8. The van der Waals surface area contributed by atoms with Crippen molar-refractivity contribution >= 4 is 29.0 Å². The zero-order valence-corrected chi connectivity index (χ0v) is 16.3. The highest BCUT2D eigenvalue weighted by molar-refractivity contribution is 7.98. The minimum absolute atomic E-state index is 0.779. The van der Waals surface area contributed by atoms with Crippen LogP contribution in [0.4, 0.5) is 11.6 Å². The molecule has 0 bridgehead atoms. The van der Waals surface area contributed by atoms with Gasteiger partial charge in [0.1, 0.15) is 11.6 Å². The van der Waals surface area contributed by atoms with E-state index in [4.69, 9.17) is 4.98 Å². The summed E-state index contributed by atoms with van der Waals surface area (Å²) in [7, 11) is 0. The molecule has 1 aliphatic heterocycles. The van der Waals surface area contributed by atoms with Crippen LogP contribution >= 0.6 is 11.8 Å². The van der Waals surface area contributed by atoms with E-state index in [1.807, 2.05) is 25.3 Å². The van der Waals surface area contributed by atoms with Gasteiger partial charge in [0.25, 0.3) is 0 Å². The van der Waals surface area contributed by atoms with Crippen LogP contribution in [-0.2, 0) is 0 Å². The van der Waals surface area contributed by atoms with Gasteiger partial charge in [0.15, 0.2) is 16.6 Å². The fourth-order valence-corrected chi connectivity index (χ4v) is 3.60. The van der Waals surface area contributed by atoms with Crippen molar-refractivity contribution < 1.29 is 0 Å². The Hall–Kier alpha value is -2.42. The zero-order chi connectivity index (χ0) is 18.3. The molecular formula is C17H22N8S. The van der Waals surface area contributed by atoms with Crippen molar-refractivity contribution in [1.82, 2.24) is 29.8 Å². The average molecular weight is 370 g/mol. The summed E-state index contributed by atoms with van der Waals surface area (Å²) < 4.78 is 1.80. The third-order valence-corrected chi connectivity index (χ3v) is 5.38. The van der Waals surface area contributed by atoms with Crippen LogP contribution in [0.5, 0.6) is 0 Å². The van der Waals surface area contributed by atoms with Gasteiger partial charge >= 0.3 is 0 Å². The Bertz CT molecular complexity index is 945. The lowest BCUT2D eigenvalue weighted by molar-refractivity contribution is 0.629. The van der Waals surface area contributed by atoms with E-state index in [0.29, 0.717) is 0 Å². The fraction of sp³-hybridized carbons (Fsp3) is 0.471. The molecular weight excluding hydrogens is 348 g/mol. The summed E-state index contributed by atoms with van der Waals surface area (Å²) in [6, 6.07) is 3.99. The summed E-state index contributed by atoms with van der Waals surface area (Å²) in [6.07, 6.45) is 2.01. The molecule has 136 valence electrons. The molecule has 8 nitrogen and oxygen atoms in total. The van der Waals surface area contributed by atoms with E-state index < -0.39 is 0 Å². The van der Waals surface area contributed by atoms with E-state index in [9.17, 15) is 0 Å². The molecule has 4 heterocycles. The zero-order valence-electron chi connectivity index (χ0n) is 15.5. The Morgan fingerprint density at radius 1 is 0.923 bits per heavy atom. The quantitative estimate of drug-likeness (QED) is 0.511. The summed E-state index contributed by atoms with van der Waals surface area (Å²) in [4.78, 5) is 13.9. The van der Waals surface area contributed by atoms with Crippen LogP contribution in [0.3, 0.4) is 0 Å². The molecule has 1 fully saturated rings. The Balaban J connectivity index is 1.53. The van der Waals surface area contributed by atoms with E-state index in [1.54, 1.807) is 16.3 Å². The van der Waals surface area contributed by atoms with Gasteiger partial charge in [-0.1, -0.05) is 11.8 Å². The third-order valence-electron chi connectivity index (χ3n) is 4.83. The maximum absolute atomic E-state index is 4.74. The first-order valence-electron chi connectivity index (χ1n) is 8.65. The van der Waals surface area contributed by atoms with Crippen LogP contribution < -0.4 is 9.80 Å². The number of rotatable bonds is 3. The second-order valence-electron chi connectivity index (χ2n) is 6.43. The number of thioether (sulfide) groups is 1. The fourth-order valence-electron chi connectivity index (χ4n) is 3.19. The Morgan fingerprint density at radius 2 is 1.65 bits per heavy atom. The smallest absolute Gasteiger partial charge is 0.189 e. The maximum Gasteiger partial charge on any atom is 0.189 e. The van der Waals surface area contributed by atoms with Crippen molar-refractivity contribution in [1.29, 1.82) is 0 Å². The lowest BCUT2D eigenvalue weighted by atomic mass is 10.2. The molecule has 0 atom stereocenters. The number of aromatic nitrogens is 6. The largest absolute Gasteiger partial charge is 0.353 e. The minimum atomic E-state index is 0.779. The van der Waals surface area contributed by atoms with Crippen LogP contribution in [0.25, 0.3) is 5.65 Å². The summed E-state index contributed by atoms with van der Waals surface area (Å²) in [5.41, 5.74) is 2.99.